The zero-order chi connectivity index (χ0) is 19.2. The Morgan fingerprint density at radius 1 is 0.741 bits per heavy atom. The highest BCUT2D eigenvalue weighted by atomic mass is 32.1. The van der Waals surface area contributed by atoms with Crippen LogP contribution in [0.3, 0.4) is 0 Å². The SMILES string of the molecule is CCCCCCCCCCNC(=S)NC(c1ccccc1)c1ccccc1. The second-order valence-electron chi connectivity index (χ2n) is 7.13. The fourth-order valence-electron chi connectivity index (χ4n) is 3.29. The van der Waals surface area contributed by atoms with E-state index in [0.29, 0.717) is 0 Å². The van der Waals surface area contributed by atoms with Crippen molar-refractivity contribution in [1.29, 1.82) is 0 Å². The molecular formula is C24H34N2S. The van der Waals surface area contributed by atoms with Crippen molar-refractivity contribution in [2.24, 2.45) is 0 Å². The summed E-state index contributed by atoms with van der Waals surface area (Å²) in [4.78, 5) is 0. The van der Waals surface area contributed by atoms with Gasteiger partial charge in [-0.25, -0.2) is 0 Å². The van der Waals surface area contributed by atoms with Crippen molar-refractivity contribution in [3.8, 4) is 0 Å². The van der Waals surface area contributed by atoms with Crippen LogP contribution in [0.1, 0.15) is 75.5 Å². The van der Waals surface area contributed by atoms with E-state index < -0.39 is 0 Å². The monoisotopic (exact) mass is 382 g/mol. The lowest BCUT2D eigenvalue weighted by molar-refractivity contribution is 0.571. The Hall–Kier alpha value is -1.87. The number of hydrogen-bond donors (Lipinski definition) is 2. The molecule has 0 unspecified atom stereocenters. The van der Waals surface area contributed by atoms with Crippen LogP contribution in [-0.2, 0) is 0 Å². The average molecular weight is 383 g/mol. The summed E-state index contributed by atoms with van der Waals surface area (Å²) in [6.45, 7) is 3.21. The van der Waals surface area contributed by atoms with Crippen LogP contribution < -0.4 is 10.6 Å². The number of rotatable bonds is 12. The molecule has 2 N–H and O–H groups in total. The molecule has 2 aromatic carbocycles. The second kappa shape index (κ2) is 13.3. The summed E-state index contributed by atoms with van der Waals surface area (Å²) in [5.41, 5.74) is 2.44. The summed E-state index contributed by atoms with van der Waals surface area (Å²) in [6, 6.07) is 21.0. The van der Waals surface area contributed by atoms with Crippen molar-refractivity contribution in [2.45, 2.75) is 64.3 Å². The van der Waals surface area contributed by atoms with Gasteiger partial charge in [-0.15, -0.1) is 0 Å². The first-order valence-corrected chi connectivity index (χ1v) is 10.9. The Kier molecular flexibility index (Phi) is 10.6. The Bertz CT molecular complexity index is 588. The summed E-state index contributed by atoms with van der Waals surface area (Å²) in [5.74, 6) is 0. The summed E-state index contributed by atoms with van der Waals surface area (Å²) in [6.07, 6.45) is 10.6. The number of unbranched alkanes of at least 4 members (excludes halogenated alkanes) is 7. The van der Waals surface area contributed by atoms with Crippen LogP contribution in [0.15, 0.2) is 60.7 Å². The highest BCUT2D eigenvalue weighted by molar-refractivity contribution is 7.80. The van der Waals surface area contributed by atoms with Gasteiger partial charge in [0.25, 0.3) is 0 Å². The van der Waals surface area contributed by atoms with Gasteiger partial charge in [-0.05, 0) is 29.8 Å². The van der Waals surface area contributed by atoms with Gasteiger partial charge in [-0.2, -0.15) is 0 Å². The van der Waals surface area contributed by atoms with Crippen LogP contribution in [0.4, 0.5) is 0 Å². The van der Waals surface area contributed by atoms with E-state index in [-0.39, 0.29) is 6.04 Å². The topological polar surface area (TPSA) is 24.1 Å². The molecule has 0 radical (unpaired) electrons. The largest absolute Gasteiger partial charge is 0.363 e. The first-order valence-electron chi connectivity index (χ1n) is 10.5. The molecular weight excluding hydrogens is 348 g/mol. The third kappa shape index (κ3) is 8.57. The van der Waals surface area contributed by atoms with E-state index >= 15 is 0 Å². The van der Waals surface area contributed by atoms with Crippen molar-refractivity contribution >= 4 is 17.3 Å². The molecule has 0 saturated heterocycles. The predicted molar refractivity (Wildman–Crippen MR) is 121 cm³/mol. The van der Waals surface area contributed by atoms with Gasteiger partial charge >= 0.3 is 0 Å². The van der Waals surface area contributed by atoms with E-state index in [4.69, 9.17) is 12.2 Å². The highest BCUT2D eigenvalue weighted by Gasteiger charge is 2.14. The third-order valence-corrected chi connectivity index (χ3v) is 5.12. The molecule has 146 valence electrons. The maximum Gasteiger partial charge on any atom is 0.167 e. The van der Waals surface area contributed by atoms with Crippen molar-refractivity contribution in [3.05, 3.63) is 71.8 Å². The smallest absolute Gasteiger partial charge is 0.167 e. The molecule has 2 nitrogen and oxygen atoms in total. The van der Waals surface area contributed by atoms with Crippen LogP contribution in [-0.4, -0.2) is 11.7 Å². The molecule has 0 aliphatic carbocycles. The van der Waals surface area contributed by atoms with Gasteiger partial charge in [0.15, 0.2) is 5.11 Å². The lowest BCUT2D eigenvalue weighted by atomic mass is 9.99. The van der Waals surface area contributed by atoms with Gasteiger partial charge in [0.1, 0.15) is 0 Å². The standard InChI is InChI=1S/C24H34N2S/c1-2-3-4-5-6-7-8-15-20-25-24(27)26-23(21-16-11-9-12-17-21)22-18-13-10-14-19-22/h9-14,16-19,23H,2-8,15,20H2,1H3,(H2,25,26,27). The van der Waals surface area contributed by atoms with Crippen molar-refractivity contribution in [2.75, 3.05) is 6.54 Å². The number of nitrogens with one attached hydrogen (secondary N) is 2. The molecule has 0 bridgehead atoms. The minimum atomic E-state index is 0.0750. The third-order valence-electron chi connectivity index (χ3n) is 4.86. The molecule has 0 fully saturated rings. The van der Waals surface area contributed by atoms with Crippen molar-refractivity contribution < 1.29 is 0 Å². The number of thiocarbonyl (C=S) groups is 1. The molecule has 0 aliphatic rings. The molecule has 0 amide bonds. The molecule has 3 heteroatoms. The molecule has 27 heavy (non-hydrogen) atoms. The Morgan fingerprint density at radius 2 is 1.22 bits per heavy atom. The van der Waals surface area contributed by atoms with Crippen molar-refractivity contribution in [3.63, 3.8) is 0 Å². The minimum absolute atomic E-state index is 0.0750. The highest BCUT2D eigenvalue weighted by Crippen LogP contribution is 2.21. The number of benzene rings is 2. The van der Waals surface area contributed by atoms with Gasteiger partial charge in [0.05, 0.1) is 6.04 Å². The molecule has 0 atom stereocenters. The maximum absolute atomic E-state index is 5.56. The van der Waals surface area contributed by atoms with Crippen LogP contribution in [0.5, 0.6) is 0 Å². The van der Waals surface area contributed by atoms with Gasteiger partial charge in [-0.1, -0.05) is 113 Å². The molecule has 2 aromatic rings. The van der Waals surface area contributed by atoms with Crippen LogP contribution >= 0.6 is 12.2 Å². The lowest BCUT2D eigenvalue weighted by Crippen LogP contribution is -2.38. The van der Waals surface area contributed by atoms with Crippen LogP contribution in [0.2, 0.25) is 0 Å². The van der Waals surface area contributed by atoms with E-state index in [2.05, 4.69) is 66.1 Å². The minimum Gasteiger partial charge on any atom is -0.363 e. The summed E-state index contributed by atoms with van der Waals surface area (Å²) in [5, 5.41) is 7.61. The summed E-state index contributed by atoms with van der Waals surface area (Å²) >= 11 is 5.56. The summed E-state index contributed by atoms with van der Waals surface area (Å²) < 4.78 is 0. The van der Waals surface area contributed by atoms with Gasteiger partial charge in [0, 0.05) is 6.54 Å². The quantitative estimate of drug-likeness (QED) is 0.329. The maximum atomic E-state index is 5.56. The van der Waals surface area contributed by atoms with Crippen LogP contribution in [0.25, 0.3) is 0 Å². The first-order chi connectivity index (χ1) is 13.3. The van der Waals surface area contributed by atoms with Gasteiger partial charge in [-0.3, -0.25) is 0 Å². The first kappa shape index (κ1) is 21.4. The second-order valence-corrected chi connectivity index (χ2v) is 7.54. The van der Waals surface area contributed by atoms with E-state index in [9.17, 15) is 0 Å². The molecule has 0 spiro atoms. The van der Waals surface area contributed by atoms with Gasteiger partial charge in [0.2, 0.25) is 0 Å². The Labute approximate surface area is 170 Å². The van der Waals surface area contributed by atoms with Crippen molar-refractivity contribution in [1.82, 2.24) is 10.6 Å². The fourth-order valence-corrected chi connectivity index (χ4v) is 3.51. The van der Waals surface area contributed by atoms with E-state index in [1.54, 1.807) is 0 Å². The predicted octanol–water partition coefficient (Wildman–Crippen LogP) is 6.38. The molecule has 0 saturated carbocycles. The average Bonchev–Trinajstić information content (AvgIpc) is 2.72. The van der Waals surface area contributed by atoms with Crippen LogP contribution in [0, 0.1) is 0 Å². The van der Waals surface area contributed by atoms with E-state index in [1.807, 2.05) is 12.1 Å². The Morgan fingerprint density at radius 3 is 1.74 bits per heavy atom. The zero-order valence-electron chi connectivity index (χ0n) is 16.6. The van der Waals surface area contributed by atoms with Gasteiger partial charge < -0.3 is 10.6 Å². The normalized spacial score (nSPS) is 10.7. The fraction of sp³-hybridized carbons (Fsp3) is 0.458. The number of hydrogen-bond acceptors (Lipinski definition) is 1. The van der Waals surface area contributed by atoms with E-state index in [0.717, 1.165) is 11.7 Å². The Balaban J connectivity index is 1.73. The molecule has 0 heterocycles. The summed E-state index contributed by atoms with van der Waals surface area (Å²) in [7, 11) is 0. The van der Waals surface area contributed by atoms with E-state index in [1.165, 1.54) is 62.5 Å². The molecule has 2 rings (SSSR count). The zero-order valence-corrected chi connectivity index (χ0v) is 17.4. The lowest BCUT2D eigenvalue weighted by Gasteiger charge is -2.22. The molecule has 0 aliphatic heterocycles. The molecule has 0 aromatic heterocycles.